The van der Waals surface area contributed by atoms with Crippen molar-refractivity contribution in [3.63, 3.8) is 0 Å². The van der Waals surface area contributed by atoms with Crippen molar-refractivity contribution in [1.82, 2.24) is 4.90 Å². The van der Waals surface area contributed by atoms with Crippen LogP contribution in [0, 0.1) is 16.0 Å². The lowest BCUT2D eigenvalue weighted by Gasteiger charge is -2.32. The van der Waals surface area contributed by atoms with Crippen molar-refractivity contribution in [2.75, 3.05) is 23.0 Å². The number of carbonyl (C=O) groups excluding carboxylic acids is 3. The summed E-state index contributed by atoms with van der Waals surface area (Å²) in [6.45, 7) is 5.70. The normalized spacial score (nSPS) is 24.4. The average molecular weight is 763 g/mol. The van der Waals surface area contributed by atoms with Crippen molar-refractivity contribution >= 4 is 48.8 Å². The van der Waals surface area contributed by atoms with E-state index in [1.54, 1.807) is 82.4 Å². The molecule has 3 amide bonds. The van der Waals surface area contributed by atoms with Crippen molar-refractivity contribution in [2.45, 2.75) is 69.1 Å². The van der Waals surface area contributed by atoms with E-state index in [2.05, 4.69) is 0 Å². The van der Waals surface area contributed by atoms with Crippen LogP contribution in [0.3, 0.4) is 0 Å². The van der Waals surface area contributed by atoms with Crippen LogP contribution < -0.4 is 14.5 Å². The van der Waals surface area contributed by atoms with Crippen LogP contribution in [0.1, 0.15) is 47.7 Å². The summed E-state index contributed by atoms with van der Waals surface area (Å²) in [5.74, 6) is -0.692. The van der Waals surface area contributed by atoms with Gasteiger partial charge in [0.2, 0.25) is 5.91 Å². The number of rotatable bonds is 8. The highest BCUT2D eigenvalue weighted by molar-refractivity contribution is 6.71. The summed E-state index contributed by atoms with van der Waals surface area (Å²) in [6, 6.07) is 25.5. The molecule has 13 nitrogen and oxygen atoms in total. The number of aliphatic hydroxyl groups excluding tert-OH is 1. The molecule has 4 aliphatic heterocycles. The highest BCUT2D eigenvalue weighted by Gasteiger charge is 2.67. The van der Waals surface area contributed by atoms with E-state index in [0.29, 0.717) is 58.2 Å². The molecular weight excluding hydrogens is 721 g/mol. The summed E-state index contributed by atoms with van der Waals surface area (Å²) >= 11 is 0. The predicted molar refractivity (Wildman–Crippen MR) is 206 cm³/mol. The molecule has 14 heteroatoms. The quantitative estimate of drug-likeness (QED) is 0.118. The fourth-order valence-electron chi connectivity index (χ4n) is 9.22. The zero-order valence-electron chi connectivity index (χ0n) is 30.8. The maximum Gasteiger partial charge on any atom is 0.269 e. The van der Waals surface area contributed by atoms with Crippen LogP contribution in [-0.2, 0) is 26.5 Å². The molecule has 4 heterocycles. The molecule has 2 N–H and O–H groups in total. The van der Waals surface area contributed by atoms with E-state index in [1.807, 2.05) is 31.2 Å². The highest BCUT2D eigenvalue weighted by atomic mass is 28.4. The van der Waals surface area contributed by atoms with Crippen molar-refractivity contribution in [2.24, 2.45) is 5.92 Å². The van der Waals surface area contributed by atoms with E-state index in [9.17, 15) is 29.6 Å². The number of benzene rings is 4. The van der Waals surface area contributed by atoms with Gasteiger partial charge >= 0.3 is 0 Å². The second-order valence-corrected chi connectivity index (χ2v) is 19.3. The van der Waals surface area contributed by atoms with Crippen molar-refractivity contribution in [3.8, 4) is 11.5 Å². The molecular formula is C41H42N4O9Si. The standard InChI is InChI=1S/C41H42N4O9Si/c1-25-38(55(2,3)52)36(22-37(47)42-19-9-12-29(42)24-46)54-41(25)31-21-28(45(50)51)17-18-32(31)43(40(41)49)23-26-10-8-11-27(20-26)44-33-14-5-7-16-35(33)53-34-15-6-4-13-30(34)39(44)48/h4-8,10-11,13-18,20-21,25,29,36,38,46,52H,9,12,19,22-24H2,1-3H3/t25-,29+,36+,38-,41+/m1/s1. The third kappa shape index (κ3) is 6.00. The fraction of sp³-hybridized carbons (Fsp3) is 0.341. The van der Waals surface area contributed by atoms with Gasteiger partial charge in [0.25, 0.3) is 17.5 Å². The van der Waals surface area contributed by atoms with Gasteiger partial charge in [0, 0.05) is 41.4 Å². The first-order chi connectivity index (χ1) is 26.3. The SMILES string of the molecule is C[C@@H]1[C@@H]([Si](C)(C)O)[C@H](CC(=O)N2CCC[C@H]2CO)O[C@@]12C(=O)N(Cc1cccc(N3C(=O)c4ccccc4Oc4ccccc43)c1)c1ccc([N+](=O)[O-])cc12. The van der Waals surface area contributed by atoms with E-state index in [0.717, 1.165) is 6.42 Å². The molecule has 0 unspecified atom stereocenters. The Bertz CT molecular complexity index is 2230. The van der Waals surface area contributed by atoms with Crippen LogP contribution in [0.5, 0.6) is 11.5 Å². The number of likely N-dealkylation sites (tertiary alicyclic amines) is 1. The minimum atomic E-state index is -3.15. The molecule has 4 aliphatic rings. The van der Waals surface area contributed by atoms with E-state index in [-0.39, 0.29) is 43.1 Å². The molecule has 0 saturated carbocycles. The van der Waals surface area contributed by atoms with Crippen LogP contribution >= 0.6 is 0 Å². The number of hydrogen-bond donors (Lipinski definition) is 2. The number of para-hydroxylation sites is 3. The van der Waals surface area contributed by atoms with Gasteiger partial charge in [-0.15, -0.1) is 0 Å². The molecule has 284 valence electrons. The Morgan fingerprint density at radius 3 is 2.47 bits per heavy atom. The number of carbonyl (C=O) groups is 3. The lowest BCUT2D eigenvalue weighted by Crippen LogP contribution is -2.46. The Balaban J connectivity index is 1.17. The van der Waals surface area contributed by atoms with Gasteiger partial charge in [-0.25, -0.2) is 0 Å². The van der Waals surface area contributed by atoms with Crippen LogP contribution in [0.2, 0.25) is 18.6 Å². The molecule has 5 atom stereocenters. The maximum atomic E-state index is 15.1. The number of nitro groups is 1. The summed E-state index contributed by atoms with van der Waals surface area (Å²) in [7, 11) is -3.15. The van der Waals surface area contributed by atoms with Gasteiger partial charge < -0.3 is 29.2 Å². The van der Waals surface area contributed by atoms with Crippen molar-refractivity contribution in [3.05, 3.63) is 118 Å². The number of hydrogen-bond acceptors (Lipinski definition) is 9. The summed E-state index contributed by atoms with van der Waals surface area (Å²) in [5, 5.41) is 22.0. The molecule has 0 aliphatic carbocycles. The first kappa shape index (κ1) is 36.6. The molecule has 0 radical (unpaired) electrons. The van der Waals surface area contributed by atoms with Crippen LogP contribution in [0.15, 0.2) is 91.0 Å². The first-order valence-electron chi connectivity index (χ1n) is 18.5. The first-order valence-corrected chi connectivity index (χ1v) is 21.6. The van der Waals surface area contributed by atoms with Gasteiger partial charge in [0.05, 0.1) is 53.6 Å². The fourth-order valence-corrected chi connectivity index (χ4v) is 11.8. The molecule has 8 rings (SSSR count). The Hall–Kier alpha value is -5.41. The number of non-ortho nitro benzene ring substituents is 1. The number of fused-ring (bicyclic) bond motifs is 4. The zero-order valence-corrected chi connectivity index (χ0v) is 31.8. The minimum Gasteiger partial charge on any atom is -0.454 e. The zero-order chi connectivity index (χ0) is 38.8. The van der Waals surface area contributed by atoms with Gasteiger partial charge in [-0.1, -0.05) is 43.3 Å². The Kier molecular flexibility index (Phi) is 9.11. The largest absolute Gasteiger partial charge is 0.454 e. The molecule has 4 aromatic carbocycles. The molecule has 0 bridgehead atoms. The van der Waals surface area contributed by atoms with Crippen LogP contribution in [0.25, 0.3) is 0 Å². The topological polar surface area (TPSA) is 163 Å². The van der Waals surface area contributed by atoms with Gasteiger partial charge in [-0.3, -0.25) is 29.4 Å². The lowest BCUT2D eigenvalue weighted by molar-refractivity contribution is -0.385. The van der Waals surface area contributed by atoms with E-state index in [1.165, 1.54) is 12.1 Å². The van der Waals surface area contributed by atoms with Crippen molar-refractivity contribution in [1.29, 1.82) is 0 Å². The summed E-state index contributed by atoms with van der Waals surface area (Å²) in [4.78, 5) is 71.0. The van der Waals surface area contributed by atoms with Gasteiger partial charge in [0.1, 0.15) is 5.75 Å². The van der Waals surface area contributed by atoms with Crippen LogP contribution in [-0.4, -0.2) is 71.1 Å². The molecule has 1 spiro atoms. The summed E-state index contributed by atoms with van der Waals surface area (Å²) < 4.78 is 13.0. The summed E-state index contributed by atoms with van der Waals surface area (Å²) in [5.41, 5.74) is 0.372. The maximum absolute atomic E-state index is 15.1. The molecule has 2 saturated heterocycles. The Morgan fingerprint density at radius 2 is 1.73 bits per heavy atom. The number of amides is 3. The molecule has 55 heavy (non-hydrogen) atoms. The number of ether oxygens (including phenoxy) is 2. The van der Waals surface area contributed by atoms with E-state index < -0.39 is 42.3 Å². The summed E-state index contributed by atoms with van der Waals surface area (Å²) in [6.07, 6.45) is 0.482. The van der Waals surface area contributed by atoms with E-state index in [4.69, 9.17) is 9.47 Å². The highest BCUT2D eigenvalue weighted by Crippen LogP contribution is 2.60. The van der Waals surface area contributed by atoms with Gasteiger partial charge in [-0.05, 0) is 74.0 Å². The second kappa shape index (κ2) is 13.7. The third-order valence-electron chi connectivity index (χ3n) is 11.6. The van der Waals surface area contributed by atoms with Gasteiger partial charge in [-0.2, -0.15) is 0 Å². The third-order valence-corrected chi connectivity index (χ3v) is 14.1. The predicted octanol–water partition coefficient (Wildman–Crippen LogP) is 6.40. The molecule has 0 aromatic heterocycles. The molecule has 2 fully saturated rings. The number of anilines is 3. The number of nitro benzene ring substituents is 1. The van der Waals surface area contributed by atoms with Gasteiger partial charge in [0.15, 0.2) is 19.7 Å². The van der Waals surface area contributed by atoms with E-state index >= 15 is 4.79 Å². The minimum absolute atomic E-state index is 0.0340. The molecule has 4 aromatic rings. The Morgan fingerprint density at radius 1 is 0.982 bits per heavy atom. The van der Waals surface area contributed by atoms with Crippen molar-refractivity contribution < 1.29 is 38.7 Å². The second-order valence-electron chi connectivity index (χ2n) is 15.4. The monoisotopic (exact) mass is 762 g/mol. The average Bonchev–Trinajstić information content (AvgIpc) is 3.80. The lowest BCUT2D eigenvalue weighted by atomic mass is 9.82. The van der Waals surface area contributed by atoms with Crippen LogP contribution in [0.4, 0.5) is 22.7 Å². The number of aliphatic hydroxyl groups is 1. The Labute approximate surface area is 319 Å². The number of nitrogens with zero attached hydrogens (tertiary/aromatic N) is 4. The smallest absolute Gasteiger partial charge is 0.269 e.